The van der Waals surface area contributed by atoms with Gasteiger partial charge in [0.2, 0.25) is 0 Å². The molecule has 0 aliphatic carbocycles. The molecule has 1 aliphatic heterocycles. The predicted molar refractivity (Wildman–Crippen MR) is 147 cm³/mol. The van der Waals surface area contributed by atoms with Crippen molar-refractivity contribution < 1.29 is 19.1 Å². The van der Waals surface area contributed by atoms with E-state index >= 15 is 0 Å². The minimum Gasteiger partial charge on any atom is -0.463 e. The largest absolute Gasteiger partial charge is 0.463 e. The van der Waals surface area contributed by atoms with Gasteiger partial charge in [-0.25, -0.2) is 9.78 Å². The van der Waals surface area contributed by atoms with Crippen LogP contribution in [0, 0.1) is 0 Å². The maximum atomic E-state index is 13.1. The third kappa shape index (κ3) is 6.50. The number of nitrogens with zero attached hydrogens (tertiary/aromatic N) is 5. The first-order valence-electron chi connectivity index (χ1n) is 12.8. The number of ketones is 1. The van der Waals surface area contributed by atoms with E-state index in [1.165, 1.54) is 20.8 Å². The predicted octanol–water partition coefficient (Wildman–Crippen LogP) is 3.81. The van der Waals surface area contributed by atoms with Crippen molar-refractivity contribution in [3.63, 3.8) is 0 Å². The Kier molecular flexibility index (Phi) is 8.35. The lowest BCUT2D eigenvalue weighted by Gasteiger charge is -2.24. The van der Waals surface area contributed by atoms with Crippen LogP contribution in [-0.2, 0) is 23.0 Å². The summed E-state index contributed by atoms with van der Waals surface area (Å²) >= 11 is 1.29. The van der Waals surface area contributed by atoms with Gasteiger partial charge in [0.1, 0.15) is 12.2 Å². The molecule has 4 rings (SSSR count). The number of amides is 1. The average molecular weight is 542 g/mol. The first kappa shape index (κ1) is 27.6. The summed E-state index contributed by atoms with van der Waals surface area (Å²) in [7, 11) is 3.20. The Morgan fingerprint density at radius 2 is 1.92 bits per heavy atom. The zero-order valence-corrected chi connectivity index (χ0v) is 23.4. The van der Waals surface area contributed by atoms with E-state index in [9.17, 15) is 14.4 Å². The van der Waals surface area contributed by atoms with Crippen molar-refractivity contribution in [2.45, 2.75) is 58.1 Å². The highest BCUT2D eigenvalue weighted by Gasteiger charge is 2.33. The number of Topliss-reactive ketones (excluding diaryl/α,β-unsaturated/α-hetero) is 1. The number of carbonyl (C=O) groups excluding carboxylic acids is 2. The van der Waals surface area contributed by atoms with Crippen molar-refractivity contribution in [2.75, 3.05) is 31.6 Å². The third-order valence-electron chi connectivity index (χ3n) is 6.33. The molecule has 3 heterocycles. The molecule has 1 atom stereocenters. The number of hydrogen-bond acceptors (Lipinski definition) is 9. The molecule has 11 heteroatoms. The van der Waals surface area contributed by atoms with Crippen LogP contribution in [-0.4, -0.2) is 69.7 Å². The Balaban J connectivity index is 1.44. The smallest absolute Gasteiger partial charge is 0.410 e. The highest BCUT2D eigenvalue weighted by atomic mass is 32.1. The van der Waals surface area contributed by atoms with E-state index in [4.69, 9.17) is 9.47 Å². The van der Waals surface area contributed by atoms with Gasteiger partial charge in [-0.15, -0.1) is 0 Å². The summed E-state index contributed by atoms with van der Waals surface area (Å²) in [5.41, 5.74) is 0.489. The fraction of sp³-hybridized carbons (Fsp3) is 0.519. The molecule has 0 saturated carbocycles. The number of likely N-dealkylation sites (N-methyl/N-ethyl adjacent to an activating group) is 1. The van der Waals surface area contributed by atoms with E-state index in [2.05, 4.69) is 9.97 Å². The molecule has 1 saturated heterocycles. The Morgan fingerprint density at radius 1 is 1.18 bits per heavy atom. The number of anilines is 1. The van der Waals surface area contributed by atoms with Crippen LogP contribution in [0.25, 0.3) is 10.3 Å². The summed E-state index contributed by atoms with van der Waals surface area (Å²) in [6, 6.07) is 9.89. The first-order valence-corrected chi connectivity index (χ1v) is 13.6. The number of aromatic nitrogens is 3. The number of carbonyl (C=O) groups is 2. The van der Waals surface area contributed by atoms with E-state index < -0.39 is 11.7 Å². The molecule has 3 aromatic rings. The van der Waals surface area contributed by atoms with E-state index in [1.54, 1.807) is 34.9 Å². The SMILES string of the molecule is CN(CCOc1nc2sc(N3CCC[C@@H]3C(=O)CCc3ccccc3)nc2c(=O)n1C)C(=O)OC(C)(C)C. The highest BCUT2D eigenvalue weighted by molar-refractivity contribution is 7.21. The van der Waals surface area contributed by atoms with Crippen LogP contribution < -0.4 is 15.2 Å². The van der Waals surface area contributed by atoms with Crippen LogP contribution in [0.3, 0.4) is 0 Å². The molecule has 204 valence electrons. The van der Waals surface area contributed by atoms with Crippen molar-refractivity contribution >= 4 is 38.7 Å². The molecule has 1 aromatic carbocycles. The summed E-state index contributed by atoms with van der Waals surface area (Å²) in [4.78, 5) is 51.3. The van der Waals surface area contributed by atoms with Gasteiger partial charge in [0.25, 0.3) is 11.6 Å². The second-order valence-corrected chi connectivity index (χ2v) is 11.4. The molecule has 10 nitrogen and oxygen atoms in total. The van der Waals surface area contributed by atoms with Crippen LogP contribution in [0.5, 0.6) is 6.01 Å². The Bertz CT molecular complexity index is 1350. The molecule has 0 bridgehead atoms. The van der Waals surface area contributed by atoms with Crippen molar-refractivity contribution in [1.29, 1.82) is 0 Å². The third-order valence-corrected chi connectivity index (χ3v) is 7.31. The van der Waals surface area contributed by atoms with E-state index in [-0.39, 0.29) is 42.1 Å². The zero-order chi connectivity index (χ0) is 27.4. The van der Waals surface area contributed by atoms with Gasteiger partial charge in [-0.05, 0) is 45.6 Å². The number of benzene rings is 1. The summed E-state index contributed by atoms with van der Waals surface area (Å²) in [6.07, 6.45) is 2.38. The van der Waals surface area contributed by atoms with Gasteiger partial charge in [0.15, 0.2) is 21.3 Å². The van der Waals surface area contributed by atoms with E-state index in [1.807, 2.05) is 35.2 Å². The second-order valence-electron chi connectivity index (χ2n) is 10.5. The van der Waals surface area contributed by atoms with Crippen LogP contribution in [0.1, 0.15) is 45.6 Å². The number of rotatable bonds is 9. The highest BCUT2D eigenvalue weighted by Crippen LogP contribution is 2.33. The Morgan fingerprint density at radius 3 is 2.63 bits per heavy atom. The number of aryl methyl sites for hydroxylation is 1. The standard InChI is InChI=1S/C27H35N5O5S/c1-27(2,3)37-26(35)30(4)16-17-36-24-29-22-21(23(34)31(24)5)28-25(38-22)32-15-9-12-19(32)20(33)14-13-18-10-7-6-8-11-18/h6-8,10-11,19H,9,12-17H2,1-5H3/t19-/m1/s1. The lowest BCUT2D eigenvalue weighted by molar-refractivity contribution is -0.120. The van der Waals surface area contributed by atoms with Gasteiger partial charge in [0, 0.05) is 27.1 Å². The van der Waals surface area contributed by atoms with Gasteiger partial charge in [-0.3, -0.25) is 14.2 Å². The number of ether oxygens (including phenoxy) is 2. The minimum atomic E-state index is -0.590. The molecule has 1 aliphatic rings. The fourth-order valence-corrected chi connectivity index (χ4v) is 5.29. The van der Waals surface area contributed by atoms with Gasteiger partial charge >= 0.3 is 6.09 Å². The van der Waals surface area contributed by atoms with Gasteiger partial charge in [0.05, 0.1) is 12.6 Å². The maximum absolute atomic E-state index is 13.1. The van der Waals surface area contributed by atoms with Crippen molar-refractivity contribution in [1.82, 2.24) is 19.4 Å². The Labute approximate surface area is 226 Å². The summed E-state index contributed by atoms with van der Waals surface area (Å²) in [5, 5.41) is 0.627. The first-order chi connectivity index (χ1) is 18.0. The molecule has 1 fully saturated rings. The zero-order valence-electron chi connectivity index (χ0n) is 22.6. The topological polar surface area (TPSA) is 107 Å². The Hall–Kier alpha value is -3.47. The van der Waals surface area contributed by atoms with Crippen molar-refractivity contribution in [2.24, 2.45) is 7.05 Å². The second kappa shape index (κ2) is 11.5. The molecular formula is C27H35N5O5S. The van der Waals surface area contributed by atoms with Crippen molar-refractivity contribution in [3.05, 3.63) is 46.2 Å². The normalized spacial score (nSPS) is 15.6. The van der Waals surface area contributed by atoms with Crippen LogP contribution in [0.15, 0.2) is 35.1 Å². The van der Waals surface area contributed by atoms with Crippen LogP contribution >= 0.6 is 11.3 Å². The molecule has 0 radical (unpaired) electrons. The van der Waals surface area contributed by atoms with Gasteiger partial charge in [-0.2, -0.15) is 4.98 Å². The molecule has 2 aromatic heterocycles. The summed E-state index contributed by atoms with van der Waals surface area (Å²) in [5.74, 6) is 0.185. The molecule has 0 N–H and O–H groups in total. The monoisotopic (exact) mass is 541 g/mol. The lowest BCUT2D eigenvalue weighted by Crippen LogP contribution is -2.36. The van der Waals surface area contributed by atoms with Crippen LogP contribution in [0.2, 0.25) is 0 Å². The number of fused-ring (bicyclic) bond motifs is 1. The lowest BCUT2D eigenvalue weighted by atomic mass is 10.0. The quantitative estimate of drug-likeness (QED) is 0.403. The maximum Gasteiger partial charge on any atom is 0.410 e. The summed E-state index contributed by atoms with van der Waals surface area (Å²) < 4.78 is 12.4. The van der Waals surface area contributed by atoms with Gasteiger partial charge < -0.3 is 19.3 Å². The number of thiazole rings is 1. The molecule has 0 unspecified atom stereocenters. The molecule has 0 spiro atoms. The molecule has 1 amide bonds. The molecular weight excluding hydrogens is 506 g/mol. The van der Waals surface area contributed by atoms with E-state index in [0.29, 0.717) is 29.3 Å². The molecule has 38 heavy (non-hydrogen) atoms. The van der Waals surface area contributed by atoms with Crippen molar-refractivity contribution in [3.8, 4) is 6.01 Å². The fourth-order valence-electron chi connectivity index (χ4n) is 4.29. The minimum absolute atomic E-state index is 0.136. The van der Waals surface area contributed by atoms with Crippen LogP contribution in [0.4, 0.5) is 9.93 Å². The number of hydrogen-bond donors (Lipinski definition) is 0. The van der Waals surface area contributed by atoms with Gasteiger partial charge in [-0.1, -0.05) is 41.7 Å². The summed E-state index contributed by atoms with van der Waals surface area (Å²) in [6.45, 7) is 6.52. The average Bonchev–Trinajstić information content (AvgIpc) is 3.52. The van der Waals surface area contributed by atoms with E-state index in [0.717, 1.165) is 18.4 Å².